The molecule has 32 heavy (non-hydrogen) atoms. The average Bonchev–Trinajstić information content (AvgIpc) is 2.75. The van der Waals surface area contributed by atoms with Crippen molar-refractivity contribution in [2.45, 2.75) is 141 Å². The monoisotopic (exact) mass is 476 g/mol. The fraction of sp³-hybridized carbons (Fsp3) is 1.00. The maximum absolute atomic E-state index is 11.2. The zero-order valence-electron chi connectivity index (χ0n) is 21.4. The molecule has 0 saturated carbocycles. The van der Waals surface area contributed by atoms with E-state index < -0.39 is 7.82 Å². The van der Waals surface area contributed by atoms with Gasteiger partial charge in [-0.05, 0) is 25.7 Å². The van der Waals surface area contributed by atoms with Gasteiger partial charge in [-0.15, -0.1) is 0 Å². The molecule has 6 heteroatoms. The topological polar surface area (TPSA) is 66.8 Å². The molecule has 192 valence electrons. The molecule has 0 bridgehead atoms. The van der Waals surface area contributed by atoms with Crippen LogP contribution in [0.25, 0.3) is 0 Å². The minimum Gasteiger partial charge on any atom is -0.322 e. The van der Waals surface area contributed by atoms with E-state index >= 15 is 0 Å². The summed E-state index contributed by atoms with van der Waals surface area (Å²) >= 11 is 0. The van der Waals surface area contributed by atoms with Crippen LogP contribution in [0.5, 0.6) is 0 Å². The van der Waals surface area contributed by atoms with Gasteiger partial charge in [0.05, 0.1) is 20.1 Å². The first kappa shape index (κ1) is 30.1. The second-order valence-corrected chi connectivity index (χ2v) is 11.8. The van der Waals surface area contributed by atoms with Gasteiger partial charge in [0.15, 0.2) is 0 Å². The van der Waals surface area contributed by atoms with Gasteiger partial charge in [-0.3, -0.25) is 4.52 Å². The molecule has 0 aromatic heterocycles. The van der Waals surface area contributed by atoms with E-state index in [2.05, 4.69) is 14.0 Å². The van der Waals surface area contributed by atoms with E-state index in [0.717, 1.165) is 30.4 Å². The molecule has 1 aliphatic rings. The van der Waals surface area contributed by atoms with Crippen molar-refractivity contribution < 1.29 is 23.4 Å². The molecule has 1 aliphatic heterocycles. The van der Waals surface area contributed by atoms with Crippen LogP contribution in [0.2, 0.25) is 0 Å². The number of likely N-dealkylation sites (tertiary alicyclic amines) is 1. The van der Waals surface area contributed by atoms with Gasteiger partial charge in [0.25, 0.3) is 0 Å². The Labute approximate surface area is 199 Å². The molecule has 1 saturated heterocycles. The van der Waals surface area contributed by atoms with Crippen molar-refractivity contribution in [3.8, 4) is 0 Å². The van der Waals surface area contributed by atoms with E-state index in [0.29, 0.717) is 0 Å². The predicted molar refractivity (Wildman–Crippen MR) is 136 cm³/mol. The first-order valence-electron chi connectivity index (χ1n) is 13.9. The number of rotatable bonds is 21. The second-order valence-electron chi connectivity index (χ2n) is 10.5. The zero-order chi connectivity index (χ0) is 23.5. The number of piperidine rings is 1. The molecule has 0 aliphatic carbocycles. The van der Waals surface area contributed by atoms with Crippen LogP contribution >= 0.6 is 7.82 Å². The molecule has 1 unspecified atom stereocenters. The van der Waals surface area contributed by atoms with Crippen molar-refractivity contribution in [1.82, 2.24) is 0 Å². The fourth-order valence-corrected chi connectivity index (χ4v) is 5.65. The number of hydrogen-bond donors (Lipinski definition) is 2. The van der Waals surface area contributed by atoms with Crippen LogP contribution in [-0.4, -0.2) is 47.1 Å². The summed E-state index contributed by atoms with van der Waals surface area (Å²) in [7, 11) is -2.14. The van der Waals surface area contributed by atoms with Gasteiger partial charge in [-0.1, -0.05) is 103 Å². The van der Waals surface area contributed by atoms with Crippen LogP contribution in [0.15, 0.2) is 0 Å². The lowest BCUT2D eigenvalue weighted by Gasteiger charge is -2.44. The first-order chi connectivity index (χ1) is 15.4. The van der Waals surface area contributed by atoms with Gasteiger partial charge < -0.3 is 14.3 Å². The van der Waals surface area contributed by atoms with Crippen molar-refractivity contribution >= 4 is 7.82 Å². The second kappa shape index (κ2) is 18.4. The molecule has 0 spiro atoms. The molecule has 0 amide bonds. The molecule has 1 heterocycles. The summed E-state index contributed by atoms with van der Waals surface area (Å²) in [4.78, 5) is 18.3. The van der Waals surface area contributed by atoms with E-state index in [1.165, 1.54) is 116 Å². The number of unbranched alkanes of at least 4 members (excludes halogenated alkanes) is 15. The molecule has 0 aromatic carbocycles. The van der Waals surface area contributed by atoms with Crippen molar-refractivity contribution in [3.63, 3.8) is 0 Å². The van der Waals surface area contributed by atoms with Crippen LogP contribution in [0.4, 0.5) is 0 Å². The first-order valence-corrected chi connectivity index (χ1v) is 15.4. The summed E-state index contributed by atoms with van der Waals surface area (Å²) in [6.07, 6.45) is 26.5. The molecule has 0 radical (unpaired) electrons. The highest BCUT2D eigenvalue weighted by atomic mass is 31.2. The molecule has 1 atom stereocenters. The smallest absolute Gasteiger partial charge is 0.322 e. The third-order valence-electron chi connectivity index (χ3n) is 7.55. The van der Waals surface area contributed by atoms with E-state index in [1.807, 2.05) is 0 Å². The number of phosphoric acid groups is 1. The predicted octanol–water partition coefficient (Wildman–Crippen LogP) is 7.75. The number of likely N-dealkylation sites (N-methyl/N-ethyl adjacent to an activating group) is 1. The lowest BCUT2D eigenvalue weighted by atomic mass is 9.99. The Bertz CT molecular complexity index is 476. The highest BCUT2D eigenvalue weighted by molar-refractivity contribution is 7.46. The highest BCUT2D eigenvalue weighted by Gasteiger charge is 2.35. The maximum atomic E-state index is 11.2. The van der Waals surface area contributed by atoms with Gasteiger partial charge in [0.1, 0.15) is 12.6 Å². The van der Waals surface area contributed by atoms with Gasteiger partial charge in [0, 0.05) is 6.42 Å². The highest BCUT2D eigenvalue weighted by Crippen LogP contribution is 2.37. The Hall–Kier alpha value is 0.0700. The molecule has 5 nitrogen and oxygen atoms in total. The average molecular weight is 477 g/mol. The van der Waals surface area contributed by atoms with E-state index in [4.69, 9.17) is 14.3 Å². The fourth-order valence-electron chi connectivity index (χ4n) is 5.29. The summed E-state index contributed by atoms with van der Waals surface area (Å²) in [6, 6.07) is 0.203. The van der Waals surface area contributed by atoms with Crippen LogP contribution in [0, 0.1) is 0 Å². The quantitative estimate of drug-likeness (QED) is 0.101. The third-order valence-corrected chi connectivity index (χ3v) is 8.03. The molecule has 1 rings (SSSR count). The minimum absolute atomic E-state index is 0.180. The molecule has 2 N–H and O–H groups in total. The van der Waals surface area contributed by atoms with Gasteiger partial charge in [0.2, 0.25) is 0 Å². The summed E-state index contributed by atoms with van der Waals surface area (Å²) in [5.74, 6) is 0. The lowest BCUT2D eigenvalue weighted by molar-refractivity contribution is -0.938. The lowest BCUT2D eigenvalue weighted by Crippen LogP contribution is -2.56. The standard InChI is InChI=1S/C26H54NO4P/c1-3-4-5-6-7-8-9-10-11-12-13-14-15-16-17-19-22-26(25-31-32(28,29)30)27(2)23-20-18-21-24-27/h26H,3-25H2,1-2H3,(H-,28,29,30)/p+1. The van der Waals surface area contributed by atoms with Crippen molar-refractivity contribution in [2.75, 3.05) is 26.7 Å². The van der Waals surface area contributed by atoms with E-state index in [9.17, 15) is 4.57 Å². The van der Waals surface area contributed by atoms with Crippen molar-refractivity contribution in [2.24, 2.45) is 0 Å². The Morgan fingerprint density at radius 3 is 1.53 bits per heavy atom. The zero-order valence-corrected chi connectivity index (χ0v) is 22.3. The van der Waals surface area contributed by atoms with Crippen LogP contribution in [0.1, 0.15) is 135 Å². The van der Waals surface area contributed by atoms with Crippen molar-refractivity contribution in [1.29, 1.82) is 0 Å². The van der Waals surface area contributed by atoms with Crippen LogP contribution < -0.4 is 0 Å². The Balaban J connectivity index is 2.02. The van der Waals surface area contributed by atoms with E-state index in [1.54, 1.807) is 0 Å². The van der Waals surface area contributed by atoms with Crippen LogP contribution in [0.3, 0.4) is 0 Å². The Morgan fingerprint density at radius 2 is 1.12 bits per heavy atom. The largest absolute Gasteiger partial charge is 0.469 e. The normalized spacial score (nSPS) is 17.5. The van der Waals surface area contributed by atoms with Gasteiger partial charge >= 0.3 is 7.82 Å². The minimum atomic E-state index is -4.39. The number of nitrogens with zero attached hydrogens (tertiary/aromatic N) is 1. The van der Waals surface area contributed by atoms with Gasteiger partial charge in [-0.25, -0.2) is 4.57 Å². The molecular weight excluding hydrogens is 421 g/mol. The summed E-state index contributed by atoms with van der Waals surface area (Å²) < 4.78 is 17.1. The van der Waals surface area contributed by atoms with Gasteiger partial charge in [-0.2, -0.15) is 0 Å². The third kappa shape index (κ3) is 15.8. The summed E-state index contributed by atoms with van der Waals surface area (Å²) in [5, 5.41) is 0. The van der Waals surface area contributed by atoms with E-state index in [-0.39, 0.29) is 12.6 Å². The summed E-state index contributed by atoms with van der Waals surface area (Å²) in [5.41, 5.74) is 0. The Kier molecular flexibility index (Phi) is 17.3. The van der Waals surface area contributed by atoms with Crippen molar-refractivity contribution in [3.05, 3.63) is 0 Å². The molecule has 1 fully saturated rings. The number of phosphoric ester groups is 1. The molecular formula is C26H55NO4P+. The maximum Gasteiger partial charge on any atom is 0.469 e. The molecule has 0 aromatic rings. The Morgan fingerprint density at radius 1 is 0.719 bits per heavy atom. The summed E-state index contributed by atoms with van der Waals surface area (Å²) in [6.45, 7) is 4.67. The number of hydrogen-bond acceptors (Lipinski definition) is 2. The van der Waals surface area contributed by atoms with Crippen LogP contribution in [-0.2, 0) is 9.09 Å². The SMILES string of the molecule is CCCCCCCCCCCCCCCCCCC(COP(=O)(O)O)[N+]1(C)CCCCC1. The number of quaternary nitrogens is 1.